The number of rotatable bonds is 4. The Labute approximate surface area is 149 Å². The lowest BCUT2D eigenvalue weighted by atomic mass is 10.3. The molecule has 1 aromatic carbocycles. The van der Waals surface area contributed by atoms with Gasteiger partial charge >= 0.3 is 0 Å². The van der Waals surface area contributed by atoms with Crippen molar-refractivity contribution >= 4 is 17.4 Å². The molecule has 1 aliphatic rings. The molecule has 1 aliphatic heterocycles. The first kappa shape index (κ1) is 16.3. The monoisotopic (exact) mass is 355 g/mol. The molecule has 134 valence electrons. The number of halogens is 1. The molecule has 2 aromatic heterocycles. The van der Waals surface area contributed by atoms with E-state index in [4.69, 9.17) is 4.74 Å². The van der Waals surface area contributed by atoms with Crippen molar-refractivity contribution < 1.29 is 13.9 Å². The number of fused-ring (bicyclic) bond motifs is 1. The van der Waals surface area contributed by atoms with Crippen molar-refractivity contribution in [3.63, 3.8) is 0 Å². The van der Waals surface area contributed by atoms with Gasteiger partial charge in [0.15, 0.2) is 12.3 Å². The molecule has 0 bridgehead atoms. The van der Waals surface area contributed by atoms with E-state index >= 15 is 0 Å². The fraction of sp³-hybridized carbons (Fsp3) is 0.278. The molecule has 0 saturated carbocycles. The van der Waals surface area contributed by atoms with E-state index in [1.807, 2.05) is 18.3 Å². The summed E-state index contributed by atoms with van der Waals surface area (Å²) in [5, 5.41) is 4.53. The highest BCUT2D eigenvalue weighted by atomic mass is 19.1. The summed E-state index contributed by atoms with van der Waals surface area (Å²) in [6, 6.07) is 9.51. The molecule has 0 unspecified atom stereocenters. The predicted molar refractivity (Wildman–Crippen MR) is 93.7 cm³/mol. The molecule has 0 N–H and O–H groups in total. The standard InChI is InChI=1S/C18H18FN5O2/c19-14-1-3-15(4-2-14)26-13-18(25)23-11-9-22(10-12-23)17-6-5-16-20-7-8-24(16)21-17/h1-8H,9-13H2. The number of piperazine rings is 1. The third-order valence-corrected chi connectivity index (χ3v) is 4.37. The molecule has 26 heavy (non-hydrogen) atoms. The van der Waals surface area contributed by atoms with Crippen LogP contribution in [0.2, 0.25) is 0 Å². The van der Waals surface area contributed by atoms with Gasteiger partial charge in [0.1, 0.15) is 17.4 Å². The number of hydrogen-bond donors (Lipinski definition) is 0. The van der Waals surface area contributed by atoms with Crippen LogP contribution in [-0.2, 0) is 4.79 Å². The van der Waals surface area contributed by atoms with E-state index in [2.05, 4.69) is 15.0 Å². The number of anilines is 1. The van der Waals surface area contributed by atoms with Gasteiger partial charge < -0.3 is 14.5 Å². The molecule has 3 heterocycles. The molecule has 4 rings (SSSR count). The van der Waals surface area contributed by atoms with Crippen LogP contribution in [0.25, 0.3) is 5.65 Å². The lowest BCUT2D eigenvalue weighted by molar-refractivity contribution is -0.133. The Balaban J connectivity index is 1.31. The zero-order valence-electron chi connectivity index (χ0n) is 14.1. The van der Waals surface area contributed by atoms with Crippen LogP contribution in [0.15, 0.2) is 48.8 Å². The molecule has 8 heteroatoms. The maximum Gasteiger partial charge on any atom is 0.260 e. The Morgan fingerprint density at radius 1 is 1.08 bits per heavy atom. The van der Waals surface area contributed by atoms with Gasteiger partial charge in [-0.25, -0.2) is 13.9 Å². The predicted octanol–water partition coefficient (Wildman–Crippen LogP) is 1.60. The van der Waals surface area contributed by atoms with Crippen molar-refractivity contribution in [2.75, 3.05) is 37.7 Å². The van der Waals surface area contributed by atoms with Crippen LogP contribution >= 0.6 is 0 Å². The Morgan fingerprint density at radius 3 is 2.62 bits per heavy atom. The number of hydrogen-bond acceptors (Lipinski definition) is 5. The molecular weight excluding hydrogens is 337 g/mol. The molecule has 0 atom stereocenters. The summed E-state index contributed by atoms with van der Waals surface area (Å²) in [5.41, 5.74) is 0.806. The molecule has 1 fully saturated rings. The summed E-state index contributed by atoms with van der Waals surface area (Å²) in [7, 11) is 0. The van der Waals surface area contributed by atoms with Crippen molar-refractivity contribution in [2.45, 2.75) is 0 Å². The molecule has 3 aromatic rings. The Bertz CT molecular complexity index is 903. The van der Waals surface area contributed by atoms with E-state index in [-0.39, 0.29) is 18.3 Å². The number of carbonyl (C=O) groups is 1. The SMILES string of the molecule is O=C(COc1ccc(F)cc1)N1CCN(c2ccc3nccn3n2)CC1. The summed E-state index contributed by atoms with van der Waals surface area (Å²) < 4.78 is 20.0. The molecular formula is C18H18FN5O2. The normalized spacial score (nSPS) is 14.7. The van der Waals surface area contributed by atoms with Crippen LogP contribution in [0.5, 0.6) is 5.75 Å². The first-order valence-corrected chi connectivity index (χ1v) is 8.40. The van der Waals surface area contributed by atoms with E-state index in [9.17, 15) is 9.18 Å². The average Bonchev–Trinajstić information content (AvgIpc) is 3.15. The lowest BCUT2D eigenvalue weighted by Crippen LogP contribution is -2.50. The molecule has 7 nitrogen and oxygen atoms in total. The molecule has 0 radical (unpaired) electrons. The van der Waals surface area contributed by atoms with E-state index in [0.717, 1.165) is 11.5 Å². The average molecular weight is 355 g/mol. The van der Waals surface area contributed by atoms with Crippen molar-refractivity contribution in [3.8, 4) is 5.75 Å². The number of benzene rings is 1. The Morgan fingerprint density at radius 2 is 1.85 bits per heavy atom. The van der Waals surface area contributed by atoms with Gasteiger partial charge in [-0.05, 0) is 36.4 Å². The third-order valence-electron chi connectivity index (χ3n) is 4.37. The van der Waals surface area contributed by atoms with Crippen LogP contribution in [0.3, 0.4) is 0 Å². The molecule has 0 aliphatic carbocycles. The van der Waals surface area contributed by atoms with Crippen molar-refractivity contribution in [1.29, 1.82) is 0 Å². The van der Waals surface area contributed by atoms with Crippen LogP contribution < -0.4 is 9.64 Å². The van der Waals surface area contributed by atoms with Crippen LogP contribution in [0, 0.1) is 5.82 Å². The Hall–Kier alpha value is -3.16. The number of carbonyl (C=O) groups excluding carboxylic acids is 1. The summed E-state index contributed by atoms with van der Waals surface area (Å²) in [4.78, 5) is 20.4. The van der Waals surface area contributed by atoms with E-state index < -0.39 is 0 Å². The Kier molecular flexibility index (Phi) is 4.39. The summed E-state index contributed by atoms with van der Waals surface area (Å²) in [6.45, 7) is 2.57. The molecule has 1 amide bonds. The van der Waals surface area contributed by atoms with Crippen LogP contribution in [0.4, 0.5) is 10.2 Å². The van der Waals surface area contributed by atoms with Gasteiger partial charge in [-0.1, -0.05) is 0 Å². The third kappa shape index (κ3) is 3.44. The second-order valence-corrected chi connectivity index (χ2v) is 6.03. The van der Waals surface area contributed by atoms with Gasteiger partial charge in [0, 0.05) is 38.6 Å². The van der Waals surface area contributed by atoms with E-state index in [1.54, 1.807) is 15.6 Å². The minimum atomic E-state index is -0.331. The first-order chi connectivity index (χ1) is 12.7. The van der Waals surface area contributed by atoms with Crippen molar-refractivity contribution in [1.82, 2.24) is 19.5 Å². The second-order valence-electron chi connectivity index (χ2n) is 6.03. The zero-order chi connectivity index (χ0) is 17.9. The number of imidazole rings is 1. The van der Waals surface area contributed by atoms with Crippen LogP contribution in [-0.4, -0.2) is 58.2 Å². The largest absolute Gasteiger partial charge is 0.484 e. The second kappa shape index (κ2) is 6.99. The fourth-order valence-electron chi connectivity index (χ4n) is 2.93. The van der Waals surface area contributed by atoms with Gasteiger partial charge in [0.25, 0.3) is 5.91 Å². The zero-order valence-corrected chi connectivity index (χ0v) is 14.1. The maximum atomic E-state index is 12.9. The first-order valence-electron chi connectivity index (χ1n) is 8.40. The maximum absolute atomic E-state index is 12.9. The minimum Gasteiger partial charge on any atom is -0.484 e. The van der Waals surface area contributed by atoms with Gasteiger partial charge in [0.2, 0.25) is 0 Å². The van der Waals surface area contributed by atoms with Crippen molar-refractivity contribution in [2.24, 2.45) is 0 Å². The lowest BCUT2D eigenvalue weighted by Gasteiger charge is -2.35. The van der Waals surface area contributed by atoms with E-state index in [0.29, 0.717) is 31.9 Å². The highest BCUT2D eigenvalue weighted by molar-refractivity contribution is 5.78. The summed E-state index contributed by atoms with van der Waals surface area (Å²) in [6.07, 6.45) is 3.52. The van der Waals surface area contributed by atoms with Gasteiger partial charge in [0.05, 0.1) is 0 Å². The number of amides is 1. The number of aromatic nitrogens is 3. The van der Waals surface area contributed by atoms with E-state index in [1.165, 1.54) is 24.3 Å². The summed E-state index contributed by atoms with van der Waals surface area (Å²) >= 11 is 0. The molecule has 1 saturated heterocycles. The molecule has 0 spiro atoms. The minimum absolute atomic E-state index is 0.0507. The number of nitrogens with zero attached hydrogens (tertiary/aromatic N) is 5. The van der Waals surface area contributed by atoms with Gasteiger partial charge in [-0.15, -0.1) is 5.10 Å². The van der Waals surface area contributed by atoms with Gasteiger partial charge in [-0.3, -0.25) is 4.79 Å². The highest BCUT2D eigenvalue weighted by Gasteiger charge is 2.22. The quantitative estimate of drug-likeness (QED) is 0.711. The van der Waals surface area contributed by atoms with Gasteiger partial charge in [-0.2, -0.15) is 0 Å². The fourth-order valence-corrected chi connectivity index (χ4v) is 2.93. The number of ether oxygens (including phenoxy) is 1. The topological polar surface area (TPSA) is 63.0 Å². The summed E-state index contributed by atoms with van der Waals surface area (Å²) in [5.74, 6) is 0.940. The van der Waals surface area contributed by atoms with Crippen LogP contribution in [0.1, 0.15) is 0 Å². The van der Waals surface area contributed by atoms with Crippen molar-refractivity contribution in [3.05, 3.63) is 54.6 Å². The smallest absolute Gasteiger partial charge is 0.260 e. The highest BCUT2D eigenvalue weighted by Crippen LogP contribution is 2.15.